The van der Waals surface area contributed by atoms with Gasteiger partial charge in [-0.05, 0) is 54.2 Å². The van der Waals surface area contributed by atoms with Gasteiger partial charge in [-0.1, -0.05) is 39.8 Å². The fourth-order valence-corrected chi connectivity index (χ4v) is 3.69. The zero-order valence-corrected chi connectivity index (χ0v) is 14.4. The zero-order chi connectivity index (χ0) is 15.6. The Balaban J connectivity index is 2.06. The van der Waals surface area contributed by atoms with Crippen LogP contribution in [-0.4, -0.2) is 19.6 Å². The molecule has 21 heavy (non-hydrogen) atoms. The van der Waals surface area contributed by atoms with E-state index in [0.29, 0.717) is 23.3 Å². The molecule has 2 heteroatoms. The summed E-state index contributed by atoms with van der Waals surface area (Å²) in [4.78, 5) is 2.41. The number of rotatable bonds is 4. The number of hydrogen-bond donors (Lipinski definition) is 1. The average Bonchev–Trinajstić information content (AvgIpc) is 2.48. The van der Waals surface area contributed by atoms with E-state index < -0.39 is 0 Å². The van der Waals surface area contributed by atoms with Crippen molar-refractivity contribution in [1.82, 2.24) is 0 Å². The van der Waals surface area contributed by atoms with Crippen molar-refractivity contribution in [3.8, 4) is 0 Å². The van der Waals surface area contributed by atoms with Crippen molar-refractivity contribution < 1.29 is 0 Å². The summed E-state index contributed by atoms with van der Waals surface area (Å²) in [7, 11) is 2.22. The lowest BCUT2D eigenvalue weighted by molar-refractivity contribution is 0.0588. The highest BCUT2D eigenvalue weighted by Crippen LogP contribution is 2.44. The van der Waals surface area contributed by atoms with Crippen molar-refractivity contribution in [3.05, 3.63) is 29.8 Å². The van der Waals surface area contributed by atoms with Crippen LogP contribution in [0.1, 0.15) is 46.1 Å². The first-order valence-corrected chi connectivity index (χ1v) is 8.42. The van der Waals surface area contributed by atoms with Gasteiger partial charge in [-0.25, -0.2) is 0 Å². The lowest BCUT2D eigenvalue weighted by Crippen LogP contribution is -2.49. The van der Waals surface area contributed by atoms with Gasteiger partial charge in [-0.2, -0.15) is 0 Å². The molecule has 1 aliphatic rings. The average molecular weight is 288 g/mol. The van der Waals surface area contributed by atoms with Gasteiger partial charge in [-0.3, -0.25) is 0 Å². The van der Waals surface area contributed by atoms with Crippen LogP contribution in [0.5, 0.6) is 0 Å². The van der Waals surface area contributed by atoms with Crippen molar-refractivity contribution in [2.45, 2.75) is 53.0 Å². The summed E-state index contributed by atoms with van der Waals surface area (Å²) in [6.07, 6.45) is 3.52. The van der Waals surface area contributed by atoms with Crippen LogP contribution in [0.25, 0.3) is 0 Å². The summed E-state index contributed by atoms with van der Waals surface area (Å²) in [5, 5.41) is 0. The Kier molecular flexibility index (Phi) is 4.98. The number of nitrogens with two attached hydrogens (primary N) is 1. The van der Waals surface area contributed by atoms with Crippen LogP contribution in [0.15, 0.2) is 24.3 Å². The van der Waals surface area contributed by atoms with Crippen LogP contribution in [-0.2, 0) is 6.42 Å². The number of aryl methyl sites for hydroxylation is 1. The van der Waals surface area contributed by atoms with E-state index >= 15 is 0 Å². The Morgan fingerprint density at radius 3 is 2.38 bits per heavy atom. The first-order chi connectivity index (χ1) is 9.86. The van der Waals surface area contributed by atoms with E-state index in [0.717, 1.165) is 19.4 Å². The van der Waals surface area contributed by atoms with Gasteiger partial charge >= 0.3 is 0 Å². The maximum Gasteiger partial charge on any atom is 0.0363 e. The lowest BCUT2D eigenvalue weighted by atomic mass is 9.61. The number of benzene rings is 1. The Labute approximate surface area is 130 Å². The minimum Gasteiger partial charge on any atom is -0.374 e. The van der Waals surface area contributed by atoms with Crippen LogP contribution in [0.2, 0.25) is 0 Å². The monoisotopic (exact) mass is 288 g/mol. The quantitative estimate of drug-likeness (QED) is 0.904. The summed E-state index contributed by atoms with van der Waals surface area (Å²) in [6, 6.07) is 9.37. The first-order valence-electron chi connectivity index (χ1n) is 8.42. The molecule has 3 atom stereocenters. The topological polar surface area (TPSA) is 29.3 Å². The largest absolute Gasteiger partial charge is 0.374 e. The normalized spacial score (nSPS) is 28.4. The maximum atomic E-state index is 6.28. The van der Waals surface area contributed by atoms with Crippen LogP contribution >= 0.6 is 0 Å². The molecule has 0 aromatic heterocycles. The molecule has 1 aromatic rings. The van der Waals surface area contributed by atoms with Gasteiger partial charge in [0.05, 0.1) is 0 Å². The Bertz CT molecular complexity index is 449. The molecule has 0 radical (unpaired) electrons. The number of anilines is 1. The second kappa shape index (κ2) is 6.39. The number of hydrogen-bond acceptors (Lipinski definition) is 2. The molecule has 0 saturated heterocycles. The summed E-state index contributed by atoms with van der Waals surface area (Å²) >= 11 is 0. The Morgan fingerprint density at radius 1 is 1.19 bits per heavy atom. The maximum absolute atomic E-state index is 6.28. The van der Waals surface area contributed by atoms with E-state index in [4.69, 9.17) is 5.73 Å². The van der Waals surface area contributed by atoms with Gasteiger partial charge in [0.2, 0.25) is 0 Å². The second-order valence-corrected chi connectivity index (χ2v) is 7.45. The van der Waals surface area contributed by atoms with E-state index in [1.165, 1.54) is 17.7 Å². The van der Waals surface area contributed by atoms with E-state index in [9.17, 15) is 0 Å². The summed E-state index contributed by atoms with van der Waals surface area (Å²) in [6.45, 7) is 10.4. The molecule has 2 N–H and O–H groups in total. The van der Waals surface area contributed by atoms with Crippen molar-refractivity contribution in [2.75, 3.05) is 18.5 Å². The highest BCUT2D eigenvalue weighted by atomic mass is 15.1. The third-order valence-corrected chi connectivity index (χ3v) is 6.00. The van der Waals surface area contributed by atoms with Gasteiger partial charge in [0.1, 0.15) is 0 Å². The highest BCUT2D eigenvalue weighted by molar-refractivity contribution is 5.47. The van der Waals surface area contributed by atoms with Crippen molar-refractivity contribution in [1.29, 1.82) is 0 Å². The van der Waals surface area contributed by atoms with Crippen LogP contribution < -0.4 is 10.6 Å². The molecule has 1 aliphatic carbocycles. The molecule has 1 fully saturated rings. The van der Waals surface area contributed by atoms with Crippen LogP contribution in [0.4, 0.5) is 5.69 Å². The fourth-order valence-electron chi connectivity index (χ4n) is 3.69. The van der Waals surface area contributed by atoms with Gasteiger partial charge < -0.3 is 10.6 Å². The lowest BCUT2D eigenvalue weighted by Gasteiger charge is -2.48. The van der Waals surface area contributed by atoms with E-state index in [2.05, 4.69) is 63.9 Å². The number of nitrogens with zero attached hydrogens (tertiary/aromatic N) is 1. The summed E-state index contributed by atoms with van der Waals surface area (Å²) in [5.74, 6) is 1.30. The molecule has 118 valence electrons. The van der Waals surface area contributed by atoms with Crippen molar-refractivity contribution in [3.63, 3.8) is 0 Å². The first kappa shape index (κ1) is 16.4. The predicted molar refractivity (Wildman–Crippen MR) is 92.7 cm³/mol. The molecule has 1 saturated carbocycles. The molecule has 1 aromatic carbocycles. The molecule has 0 amide bonds. The molecule has 0 heterocycles. The minimum atomic E-state index is 0.315. The smallest absolute Gasteiger partial charge is 0.0363 e. The summed E-state index contributed by atoms with van der Waals surface area (Å²) < 4.78 is 0. The summed E-state index contributed by atoms with van der Waals surface area (Å²) in [5.41, 5.74) is 9.32. The minimum absolute atomic E-state index is 0.315. The molecular formula is C19H32N2. The second-order valence-electron chi connectivity index (χ2n) is 7.45. The van der Waals surface area contributed by atoms with E-state index in [1.54, 1.807) is 0 Å². The van der Waals surface area contributed by atoms with Crippen LogP contribution in [0, 0.1) is 17.3 Å². The van der Waals surface area contributed by atoms with Crippen molar-refractivity contribution in [2.24, 2.45) is 23.0 Å². The zero-order valence-electron chi connectivity index (χ0n) is 14.4. The van der Waals surface area contributed by atoms with Crippen LogP contribution in [0.3, 0.4) is 0 Å². The van der Waals surface area contributed by atoms with Gasteiger partial charge in [0.15, 0.2) is 0 Å². The van der Waals surface area contributed by atoms with E-state index in [1.807, 2.05) is 0 Å². The van der Waals surface area contributed by atoms with Gasteiger partial charge in [0.25, 0.3) is 0 Å². The molecule has 2 nitrogen and oxygen atoms in total. The molecule has 3 unspecified atom stereocenters. The molecular weight excluding hydrogens is 256 g/mol. The standard InChI is InChI=1S/C19H32N2/c1-6-15-7-10-17(11-8-15)21(5)13-16-9-12-18(20)14(2)19(16,3)4/h7-8,10-11,14,16,18H,6,9,12-13,20H2,1-5H3. The van der Waals surface area contributed by atoms with Crippen molar-refractivity contribution >= 4 is 5.69 Å². The predicted octanol–water partition coefficient (Wildman–Crippen LogP) is 4.08. The molecule has 2 rings (SSSR count). The van der Waals surface area contributed by atoms with E-state index in [-0.39, 0.29) is 0 Å². The fraction of sp³-hybridized carbons (Fsp3) is 0.684. The molecule has 0 spiro atoms. The Morgan fingerprint density at radius 2 is 1.81 bits per heavy atom. The third-order valence-electron chi connectivity index (χ3n) is 6.00. The molecule has 0 aliphatic heterocycles. The Hall–Kier alpha value is -1.02. The third kappa shape index (κ3) is 3.42. The van der Waals surface area contributed by atoms with Gasteiger partial charge in [-0.15, -0.1) is 0 Å². The molecule has 0 bridgehead atoms. The SMILES string of the molecule is CCc1ccc(N(C)CC2CCC(N)C(C)C2(C)C)cc1. The van der Waals surface area contributed by atoms with Gasteiger partial charge in [0, 0.05) is 25.3 Å². The highest BCUT2D eigenvalue weighted by Gasteiger charge is 2.41.